The van der Waals surface area contributed by atoms with E-state index in [0.29, 0.717) is 6.54 Å². The van der Waals surface area contributed by atoms with E-state index >= 15 is 0 Å². The first-order chi connectivity index (χ1) is 12.2. The van der Waals surface area contributed by atoms with Crippen molar-refractivity contribution in [3.05, 3.63) is 65.1 Å². The van der Waals surface area contributed by atoms with Crippen molar-refractivity contribution in [1.29, 1.82) is 0 Å². The number of aromatic nitrogens is 4. The quantitative estimate of drug-likeness (QED) is 0.612. The molecule has 0 atom stereocenters. The minimum Gasteiger partial charge on any atom is -0.364 e. The average molecular weight is 331 g/mol. The fourth-order valence-electron chi connectivity index (χ4n) is 2.97. The van der Waals surface area contributed by atoms with E-state index in [2.05, 4.69) is 48.5 Å². The predicted molar refractivity (Wildman–Crippen MR) is 101 cm³/mol. The summed E-state index contributed by atoms with van der Waals surface area (Å²) >= 11 is 0. The van der Waals surface area contributed by atoms with Crippen molar-refractivity contribution in [2.24, 2.45) is 0 Å². The number of nitrogens with one attached hydrogen (secondary N) is 1. The maximum absolute atomic E-state index is 4.73. The molecule has 5 heteroatoms. The highest BCUT2D eigenvalue weighted by Crippen LogP contribution is 2.19. The smallest absolute Gasteiger partial charge is 0.160 e. The third kappa shape index (κ3) is 2.82. The molecule has 0 saturated heterocycles. The zero-order valence-electron chi connectivity index (χ0n) is 14.7. The predicted octanol–water partition coefficient (Wildman–Crippen LogP) is 4.07. The van der Waals surface area contributed by atoms with Gasteiger partial charge in [-0.25, -0.2) is 4.98 Å². The molecule has 3 aromatic heterocycles. The Morgan fingerprint density at radius 3 is 2.68 bits per heavy atom. The van der Waals surface area contributed by atoms with Crippen LogP contribution < -0.4 is 5.32 Å². The molecule has 4 aromatic rings. The van der Waals surface area contributed by atoms with Crippen LogP contribution in [-0.2, 0) is 13.0 Å². The monoisotopic (exact) mass is 331 g/mol. The van der Waals surface area contributed by atoms with Gasteiger partial charge in [0, 0.05) is 22.7 Å². The molecule has 5 nitrogen and oxygen atoms in total. The van der Waals surface area contributed by atoms with Gasteiger partial charge >= 0.3 is 0 Å². The molecule has 0 amide bonds. The Kier molecular flexibility index (Phi) is 3.84. The molecule has 0 bridgehead atoms. The first-order valence-electron chi connectivity index (χ1n) is 8.60. The second-order valence-corrected chi connectivity index (χ2v) is 6.28. The fourth-order valence-corrected chi connectivity index (χ4v) is 2.97. The SMILES string of the molecule is CCc1cc(NCc2ccc3ccccc3n2)n2nc(C)c(C)c2n1. The van der Waals surface area contributed by atoms with Gasteiger partial charge in [0.1, 0.15) is 5.82 Å². The van der Waals surface area contributed by atoms with Gasteiger partial charge in [0.2, 0.25) is 0 Å². The van der Waals surface area contributed by atoms with E-state index in [1.54, 1.807) is 0 Å². The second-order valence-electron chi connectivity index (χ2n) is 6.28. The van der Waals surface area contributed by atoms with Crippen LogP contribution in [0.15, 0.2) is 42.5 Å². The number of hydrogen-bond donors (Lipinski definition) is 1. The summed E-state index contributed by atoms with van der Waals surface area (Å²) in [6.07, 6.45) is 0.892. The third-order valence-corrected chi connectivity index (χ3v) is 4.58. The molecule has 0 spiro atoms. The van der Waals surface area contributed by atoms with Gasteiger partial charge in [-0.2, -0.15) is 9.61 Å². The first kappa shape index (κ1) is 15.6. The number of pyridine rings is 1. The Bertz CT molecular complexity index is 1060. The molecule has 0 radical (unpaired) electrons. The minimum absolute atomic E-state index is 0.644. The number of nitrogens with zero attached hydrogens (tertiary/aromatic N) is 4. The molecule has 3 heterocycles. The maximum Gasteiger partial charge on any atom is 0.160 e. The number of benzene rings is 1. The van der Waals surface area contributed by atoms with Crippen LogP contribution in [0, 0.1) is 13.8 Å². The summed E-state index contributed by atoms with van der Waals surface area (Å²) in [7, 11) is 0. The normalized spacial score (nSPS) is 11.3. The molecule has 4 rings (SSSR count). The van der Waals surface area contributed by atoms with Gasteiger partial charge in [0.25, 0.3) is 0 Å². The van der Waals surface area contributed by atoms with E-state index in [1.165, 1.54) is 0 Å². The Labute approximate surface area is 146 Å². The van der Waals surface area contributed by atoms with Crippen LogP contribution in [0.1, 0.15) is 29.6 Å². The Morgan fingerprint density at radius 1 is 1.00 bits per heavy atom. The van der Waals surface area contributed by atoms with Gasteiger partial charge in [-0.3, -0.25) is 4.98 Å². The largest absolute Gasteiger partial charge is 0.364 e. The van der Waals surface area contributed by atoms with Gasteiger partial charge in [-0.15, -0.1) is 0 Å². The highest BCUT2D eigenvalue weighted by molar-refractivity contribution is 5.78. The average Bonchev–Trinajstić information content (AvgIpc) is 2.94. The Balaban J connectivity index is 1.68. The van der Waals surface area contributed by atoms with E-state index in [0.717, 1.165) is 51.4 Å². The van der Waals surface area contributed by atoms with Crippen molar-refractivity contribution in [1.82, 2.24) is 19.6 Å². The van der Waals surface area contributed by atoms with Crippen molar-refractivity contribution in [3.8, 4) is 0 Å². The second kappa shape index (κ2) is 6.16. The number of hydrogen-bond acceptors (Lipinski definition) is 4. The summed E-state index contributed by atoms with van der Waals surface area (Å²) in [6.45, 7) is 6.85. The topological polar surface area (TPSA) is 55.1 Å². The Morgan fingerprint density at radius 2 is 1.84 bits per heavy atom. The molecular weight excluding hydrogens is 310 g/mol. The lowest BCUT2D eigenvalue weighted by atomic mass is 10.2. The van der Waals surface area contributed by atoms with Crippen molar-refractivity contribution >= 4 is 22.4 Å². The lowest BCUT2D eigenvalue weighted by Crippen LogP contribution is -2.08. The highest BCUT2D eigenvalue weighted by atomic mass is 15.3. The van der Waals surface area contributed by atoms with Crippen molar-refractivity contribution in [3.63, 3.8) is 0 Å². The molecule has 0 fully saturated rings. The molecular formula is C20H21N5. The highest BCUT2D eigenvalue weighted by Gasteiger charge is 2.11. The van der Waals surface area contributed by atoms with Crippen LogP contribution in [0.25, 0.3) is 16.6 Å². The first-order valence-corrected chi connectivity index (χ1v) is 8.60. The van der Waals surface area contributed by atoms with Gasteiger partial charge < -0.3 is 5.32 Å². The summed E-state index contributed by atoms with van der Waals surface area (Å²) in [5, 5.41) is 9.26. The van der Waals surface area contributed by atoms with Crippen molar-refractivity contribution < 1.29 is 0 Å². The number of rotatable bonds is 4. The van der Waals surface area contributed by atoms with Gasteiger partial charge in [-0.1, -0.05) is 31.2 Å². The van der Waals surface area contributed by atoms with Crippen LogP contribution in [-0.4, -0.2) is 19.6 Å². The van der Waals surface area contributed by atoms with Crippen molar-refractivity contribution in [2.45, 2.75) is 33.7 Å². The zero-order chi connectivity index (χ0) is 17.4. The van der Waals surface area contributed by atoms with E-state index in [4.69, 9.17) is 9.97 Å². The molecule has 1 N–H and O–H groups in total. The van der Waals surface area contributed by atoms with Crippen LogP contribution in [0.5, 0.6) is 0 Å². The molecule has 0 aliphatic rings. The van der Waals surface area contributed by atoms with Gasteiger partial charge in [0.15, 0.2) is 5.65 Å². The lowest BCUT2D eigenvalue weighted by molar-refractivity contribution is 0.885. The molecule has 0 saturated carbocycles. The standard InChI is InChI=1S/C20H21N5/c1-4-16-11-19(25-20(23-16)13(2)14(3)24-25)21-12-17-10-9-15-7-5-6-8-18(15)22-17/h5-11,21H,4,12H2,1-3H3. The summed E-state index contributed by atoms with van der Waals surface area (Å²) in [6, 6.07) is 14.4. The molecule has 0 aliphatic carbocycles. The molecule has 25 heavy (non-hydrogen) atoms. The van der Waals surface area contributed by atoms with Gasteiger partial charge in [-0.05, 0) is 32.4 Å². The molecule has 0 unspecified atom stereocenters. The molecule has 1 aromatic carbocycles. The summed E-state index contributed by atoms with van der Waals surface area (Å²) in [4.78, 5) is 9.44. The van der Waals surface area contributed by atoms with E-state index in [-0.39, 0.29) is 0 Å². The van der Waals surface area contributed by atoms with Crippen LogP contribution in [0.4, 0.5) is 5.82 Å². The maximum atomic E-state index is 4.73. The molecule has 126 valence electrons. The summed E-state index contributed by atoms with van der Waals surface area (Å²) < 4.78 is 1.89. The van der Waals surface area contributed by atoms with E-state index < -0.39 is 0 Å². The number of anilines is 1. The third-order valence-electron chi connectivity index (χ3n) is 4.58. The van der Waals surface area contributed by atoms with E-state index in [9.17, 15) is 0 Å². The Hall–Kier alpha value is -2.95. The zero-order valence-corrected chi connectivity index (χ0v) is 14.7. The minimum atomic E-state index is 0.644. The number of para-hydroxylation sites is 1. The van der Waals surface area contributed by atoms with Crippen LogP contribution in [0.2, 0.25) is 0 Å². The van der Waals surface area contributed by atoms with Gasteiger partial charge in [0.05, 0.1) is 23.4 Å². The molecule has 0 aliphatic heterocycles. The van der Waals surface area contributed by atoms with E-state index in [1.807, 2.05) is 29.6 Å². The number of aryl methyl sites for hydroxylation is 3. The lowest BCUT2D eigenvalue weighted by Gasteiger charge is -2.10. The fraction of sp³-hybridized carbons (Fsp3) is 0.250. The number of fused-ring (bicyclic) bond motifs is 2. The van der Waals surface area contributed by atoms with Crippen molar-refractivity contribution in [2.75, 3.05) is 5.32 Å². The summed E-state index contributed by atoms with van der Waals surface area (Å²) in [5.41, 5.74) is 6.13. The van der Waals surface area contributed by atoms with Crippen LogP contribution in [0.3, 0.4) is 0 Å². The summed E-state index contributed by atoms with van der Waals surface area (Å²) in [5.74, 6) is 0.952. The van der Waals surface area contributed by atoms with Crippen LogP contribution >= 0.6 is 0 Å².